The van der Waals surface area contributed by atoms with Gasteiger partial charge in [-0.3, -0.25) is 9.59 Å². The molecule has 4 atom stereocenters. The maximum absolute atomic E-state index is 11.0. The van der Waals surface area contributed by atoms with Gasteiger partial charge in [0.2, 0.25) is 5.78 Å². The fourth-order valence-electron chi connectivity index (χ4n) is 1.01. The van der Waals surface area contributed by atoms with E-state index in [0.29, 0.717) is 0 Å². The van der Waals surface area contributed by atoms with Gasteiger partial charge in [-0.1, -0.05) is 5.11 Å². The van der Waals surface area contributed by atoms with Crippen LogP contribution in [0.4, 0.5) is 0 Å². The summed E-state index contributed by atoms with van der Waals surface area (Å²) < 4.78 is 0. The first-order valence-corrected chi connectivity index (χ1v) is 4.60. The van der Waals surface area contributed by atoms with Gasteiger partial charge in [0, 0.05) is 11.8 Å². The fourth-order valence-corrected chi connectivity index (χ4v) is 1.01. The highest BCUT2D eigenvalue weighted by atomic mass is 16.4. The van der Waals surface area contributed by atoms with Crippen LogP contribution in [0.5, 0.6) is 0 Å². The molecule has 9 nitrogen and oxygen atoms in total. The van der Waals surface area contributed by atoms with Crippen molar-refractivity contribution in [2.45, 2.75) is 31.3 Å². The molecule has 0 spiro atoms. The van der Waals surface area contributed by atoms with Gasteiger partial charge in [0.1, 0.15) is 18.3 Å². The van der Waals surface area contributed by atoms with Gasteiger partial charge < -0.3 is 20.4 Å². The van der Waals surface area contributed by atoms with Crippen LogP contribution in [0.25, 0.3) is 10.4 Å². The summed E-state index contributed by atoms with van der Waals surface area (Å²) in [6.45, 7) is 0.344. The molecule has 0 aliphatic carbocycles. The van der Waals surface area contributed by atoms with Crippen LogP contribution in [0.3, 0.4) is 0 Å². The number of aliphatic hydroxyl groups excluding tert-OH is 4. The summed E-state index contributed by atoms with van der Waals surface area (Å²) in [6, 6.07) is 0. The molecule has 0 amide bonds. The van der Waals surface area contributed by atoms with Gasteiger partial charge in [-0.15, -0.1) is 0 Å². The summed E-state index contributed by atoms with van der Waals surface area (Å²) in [7, 11) is 0. The van der Waals surface area contributed by atoms with E-state index in [4.69, 9.17) is 5.53 Å². The van der Waals surface area contributed by atoms with Crippen molar-refractivity contribution in [3.63, 3.8) is 0 Å². The van der Waals surface area contributed by atoms with E-state index in [-0.39, 0.29) is 0 Å². The lowest BCUT2D eigenvalue weighted by atomic mass is 9.99. The molecule has 0 saturated heterocycles. The fraction of sp³-hybridized carbons (Fsp3) is 0.750. The zero-order chi connectivity index (χ0) is 13.6. The van der Waals surface area contributed by atoms with Crippen LogP contribution in [0.15, 0.2) is 5.11 Å². The van der Waals surface area contributed by atoms with Gasteiger partial charge in [0.05, 0.1) is 12.6 Å². The quantitative estimate of drug-likeness (QED) is 0.174. The predicted octanol–water partition coefficient (Wildman–Crippen LogP) is -2.10. The molecular weight excluding hydrogens is 234 g/mol. The van der Waals surface area contributed by atoms with Crippen molar-refractivity contribution in [3.8, 4) is 0 Å². The van der Waals surface area contributed by atoms with Gasteiger partial charge in [0.15, 0.2) is 5.78 Å². The molecular formula is C8H13N3O6. The van der Waals surface area contributed by atoms with Crippen LogP contribution in [0.2, 0.25) is 0 Å². The lowest BCUT2D eigenvalue weighted by molar-refractivity contribution is -0.151. The van der Waals surface area contributed by atoms with Crippen molar-refractivity contribution in [1.82, 2.24) is 0 Å². The molecule has 0 aromatic carbocycles. The molecule has 0 unspecified atom stereocenters. The second kappa shape index (κ2) is 6.94. The number of carbonyl (C=O) groups is 2. The van der Waals surface area contributed by atoms with Gasteiger partial charge in [-0.05, 0) is 5.53 Å². The normalized spacial score (nSPS) is 17.5. The number of hydrogen-bond acceptors (Lipinski definition) is 7. The van der Waals surface area contributed by atoms with E-state index in [0.717, 1.165) is 6.92 Å². The third-order valence-corrected chi connectivity index (χ3v) is 2.02. The topological polar surface area (TPSA) is 164 Å². The Bertz CT molecular complexity index is 340. The molecule has 4 N–H and O–H groups in total. The molecule has 17 heavy (non-hydrogen) atoms. The van der Waals surface area contributed by atoms with Crippen molar-refractivity contribution in [2.75, 3.05) is 6.54 Å². The zero-order valence-corrected chi connectivity index (χ0v) is 8.96. The van der Waals surface area contributed by atoms with E-state index in [1.54, 1.807) is 0 Å². The minimum Gasteiger partial charge on any atom is -0.390 e. The number of carbonyl (C=O) groups excluding carboxylic acids is 2. The number of Topliss-reactive ketones (excluding diaryl/α,β-unsaturated/α-hetero) is 2. The average Bonchev–Trinajstić information content (AvgIpc) is 2.31. The van der Waals surface area contributed by atoms with E-state index in [9.17, 15) is 30.0 Å². The monoisotopic (exact) mass is 247 g/mol. The highest BCUT2D eigenvalue weighted by Gasteiger charge is 2.35. The molecule has 0 aliphatic heterocycles. The minimum absolute atomic E-state index is 0.546. The summed E-state index contributed by atoms with van der Waals surface area (Å²) in [5.41, 5.74) is 7.96. The molecule has 0 saturated carbocycles. The Hall–Kier alpha value is -1.51. The zero-order valence-electron chi connectivity index (χ0n) is 8.96. The average molecular weight is 247 g/mol. The lowest BCUT2D eigenvalue weighted by Crippen LogP contribution is -2.49. The van der Waals surface area contributed by atoms with Crippen molar-refractivity contribution < 1.29 is 30.0 Å². The number of azide groups is 1. The summed E-state index contributed by atoms with van der Waals surface area (Å²) >= 11 is 0. The molecule has 0 bridgehead atoms. The van der Waals surface area contributed by atoms with Crippen LogP contribution in [-0.4, -0.2) is 63.0 Å². The van der Waals surface area contributed by atoms with Gasteiger partial charge >= 0.3 is 0 Å². The Morgan fingerprint density at radius 3 is 2.18 bits per heavy atom. The van der Waals surface area contributed by atoms with Gasteiger partial charge in [-0.25, -0.2) is 0 Å². The molecule has 0 fully saturated rings. The lowest BCUT2D eigenvalue weighted by Gasteiger charge is -2.24. The number of ketones is 2. The largest absolute Gasteiger partial charge is 0.390 e. The maximum atomic E-state index is 11.0. The maximum Gasteiger partial charge on any atom is 0.229 e. The molecule has 96 valence electrons. The Labute approximate surface area is 95.9 Å². The third kappa shape index (κ3) is 4.47. The summed E-state index contributed by atoms with van der Waals surface area (Å²) in [6.07, 6.45) is -7.76. The van der Waals surface area contributed by atoms with Crippen LogP contribution in [0.1, 0.15) is 6.92 Å². The second-order valence-corrected chi connectivity index (χ2v) is 3.33. The van der Waals surface area contributed by atoms with Crippen LogP contribution in [-0.2, 0) is 9.59 Å². The van der Waals surface area contributed by atoms with Crippen LogP contribution >= 0.6 is 0 Å². The van der Waals surface area contributed by atoms with Gasteiger partial charge in [0.25, 0.3) is 0 Å². The number of nitrogens with zero attached hydrogens (tertiary/aromatic N) is 3. The van der Waals surface area contributed by atoms with Crippen molar-refractivity contribution in [1.29, 1.82) is 0 Å². The molecule has 0 rings (SSSR count). The minimum atomic E-state index is -2.14. The van der Waals surface area contributed by atoms with E-state index in [2.05, 4.69) is 10.0 Å². The standard InChI is InChI=1S/C8H13N3O6/c1-3(12)5(14)7(16)8(17)6(15)4(13)2-10-11-9/h4,6-8,13,15-17H,2H2,1H3/t4-,6-,7+,8+/m1/s1. The highest BCUT2D eigenvalue weighted by molar-refractivity contribution is 6.38. The number of aliphatic hydroxyl groups is 4. The van der Waals surface area contributed by atoms with E-state index in [1.165, 1.54) is 0 Å². The number of hydrogen-bond donors (Lipinski definition) is 4. The van der Waals surface area contributed by atoms with Crippen molar-refractivity contribution in [3.05, 3.63) is 10.4 Å². The van der Waals surface area contributed by atoms with E-state index >= 15 is 0 Å². The Morgan fingerprint density at radius 1 is 1.24 bits per heavy atom. The summed E-state index contributed by atoms with van der Waals surface area (Å²) in [5, 5.41) is 40.0. The molecule has 9 heteroatoms. The molecule has 0 aromatic heterocycles. The Balaban J connectivity index is 4.57. The first-order valence-electron chi connectivity index (χ1n) is 4.60. The van der Waals surface area contributed by atoms with Crippen molar-refractivity contribution in [2.24, 2.45) is 5.11 Å². The van der Waals surface area contributed by atoms with E-state index < -0.39 is 42.5 Å². The van der Waals surface area contributed by atoms with E-state index in [1.807, 2.05) is 0 Å². The SMILES string of the molecule is CC(=O)C(=O)[C@H](O)[C@@H](O)[C@H](O)[C@H](O)CN=[N+]=[N-]. The smallest absolute Gasteiger partial charge is 0.229 e. The first-order chi connectivity index (χ1) is 7.82. The second-order valence-electron chi connectivity index (χ2n) is 3.33. The molecule has 0 heterocycles. The Kier molecular flexibility index (Phi) is 6.33. The van der Waals surface area contributed by atoms with Gasteiger partial charge in [-0.2, -0.15) is 0 Å². The highest BCUT2D eigenvalue weighted by Crippen LogP contribution is 2.07. The number of rotatable bonds is 7. The van der Waals surface area contributed by atoms with Crippen LogP contribution in [0, 0.1) is 0 Å². The summed E-state index contributed by atoms with van der Waals surface area (Å²) in [5.74, 6) is -2.28. The predicted molar refractivity (Wildman–Crippen MR) is 53.7 cm³/mol. The molecule has 0 aromatic rings. The molecule has 0 radical (unpaired) electrons. The van der Waals surface area contributed by atoms with Crippen molar-refractivity contribution >= 4 is 11.6 Å². The Morgan fingerprint density at radius 2 is 1.76 bits per heavy atom. The third-order valence-electron chi connectivity index (χ3n) is 2.02. The van der Waals surface area contributed by atoms with Crippen LogP contribution < -0.4 is 0 Å². The summed E-state index contributed by atoms with van der Waals surface area (Å²) in [4.78, 5) is 23.9. The first kappa shape index (κ1) is 15.5. The molecule has 0 aliphatic rings.